The van der Waals surface area contributed by atoms with Gasteiger partial charge in [0.2, 0.25) is 6.29 Å². The largest absolute Gasteiger partial charge is 0.434 e. The van der Waals surface area contributed by atoms with E-state index in [1.165, 1.54) is 0 Å². The zero-order valence-electron chi connectivity index (χ0n) is 17.9. The third-order valence-corrected chi connectivity index (χ3v) is 2.94. The summed E-state index contributed by atoms with van der Waals surface area (Å²) in [5, 5.41) is 3.10. The lowest BCUT2D eigenvalue weighted by Gasteiger charge is -2.11. The molecular formula is C19H38N2O4S. The van der Waals surface area contributed by atoms with Gasteiger partial charge in [0.15, 0.2) is 0 Å². The summed E-state index contributed by atoms with van der Waals surface area (Å²) in [4.78, 5) is 18.0. The van der Waals surface area contributed by atoms with Crippen molar-refractivity contribution in [3.8, 4) is 0 Å². The number of hydrogen-bond donors (Lipinski definition) is 0. The molecule has 0 aliphatic carbocycles. The Kier molecular flexibility index (Phi) is 26.8. The Morgan fingerprint density at radius 1 is 1.08 bits per heavy atom. The van der Waals surface area contributed by atoms with Crippen LogP contribution in [-0.4, -0.2) is 49.3 Å². The second kappa shape index (κ2) is 23.7. The first-order valence-corrected chi connectivity index (χ1v) is 10.2. The lowest BCUT2D eigenvalue weighted by molar-refractivity contribution is -0.141. The summed E-state index contributed by atoms with van der Waals surface area (Å²) >= 11 is 1.67. The maximum absolute atomic E-state index is 10.1. The van der Waals surface area contributed by atoms with E-state index in [9.17, 15) is 4.79 Å². The van der Waals surface area contributed by atoms with Crippen LogP contribution in [0, 0.1) is 6.92 Å². The number of thiazole rings is 1. The Hall–Kier alpha value is -1.31. The van der Waals surface area contributed by atoms with Crippen LogP contribution in [0.3, 0.4) is 0 Å². The van der Waals surface area contributed by atoms with E-state index >= 15 is 0 Å². The Balaban J connectivity index is -0.000000267. The minimum atomic E-state index is -0.326. The number of hydrogen-bond acceptors (Lipinski definition) is 7. The topological polar surface area (TPSA) is 70.0 Å². The molecule has 7 heteroatoms. The van der Waals surface area contributed by atoms with Crippen molar-refractivity contribution in [3.05, 3.63) is 16.6 Å². The molecule has 0 N–H and O–H groups in total. The molecule has 0 bridgehead atoms. The van der Waals surface area contributed by atoms with E-state index in [2.05, 4.69) is 14.7 Å². The number of ether oxygens (including phenoxy) is 3. The molecule has 2 atom stereocenters. The van der Waals surface area contributed by atoms with Gasteiger partial charge in [-0.25, -0.2) is 4.79 Å². The van der Waals surface area contributed by atoms with E-state index in [4.69, 9.17) is 9.47 Å². The predicted octanol–water partition coefficient (Wildman–Crippen LogP) is 4.91. The lowest BCUT2D eigenvalue weighted by Crippen LogP contribution is -2.18. The van der Waals surface area contributed by atoms with Crippen LogP contribution in [0.25, 0.3) is 0 Å². The lowest BCUT2D eigenvalue weighted by atomic mass is 10.4. The third-order valence-electron chi connectivity index (χ3n) is 2.24. The molecule has 3 heterocycles. The second-order valence-electron chi connectivity index (χ2n) is 4.11. The molecule has 0 saturated carbocycles. The van der Waals surface area contributed by atoms with Crippen LogP contribution in [0.15, 0.2) is 16.6 Å². The van der Waals surface area contributed by atoms with Crippen molar-refractivity contribution < 1.29 is 19.0 Å². The number of aryl methyl sites for hydroxylation is 1. The molecule has 1 aromatic heterocycles. The smallest absolute Gasteiger partial charge is 0.334 e. The molecule has 0 aromatic carbocycles. The van der Waals surface area contributed by atoms with E-state index in [-0.39, 0.29) is 18.9 Å². The first-order chi connectivity index (χ1) is 12.6. The minimum absolute atomic E-state index is 0.112. The number of aliphatic imine (C=N–C) groups is 1. The fraction of sp³-hybridized carbons (Fsp3) is 0.737. The normalized spacial score (nSPS) is 19.2. The van der Waals surface area contributed by atoms with Gasteiger partial charge in [0.1, 0.15) is 6.61 Å². The number of rotatable bonds is 0. The molecule has 26 heavy (non-hydrogen) atoms. The number of nitrogens with zero attached hydrogens (tertiary/aromatic N) is 2. The van der Waals surface area contributed by atoms with Crippen LogP contribution >= 0.6 is 11.3 Å². The Morgan fingerprint density at radius 3 is 1.85 bits per heavy atom. The highest BCUT2D eigenvalue weighted by Crippen LogP contribution is 2.01. The fourth-order valence-electron chi connectivity index (χ4n) is 1.27. The van der Waals surface area contributed by atoms with E-state index in [1.54, 1.807) is 30.7 Å². The van der Waals surface area contributed by atoms with Crippen molar-refractivity contribution in [2.45, 2.75) is 74.7 Å². The molecule has 154 valence electrons. The predicted molar refractivity (Wildman–Crippen MR) is 111 cm³/mol. The minimum Gasteiger partial charge on any atom is -0.434 e. The van der Waals surface area contributed by atoms with Crippen LogP contribution in [0.5, 0.6) is 0 Å². The quantitative estimate of drug-likeness (QED) is 0.589. The van der Waals surface area contributed by atoms with E-state index in [1.807, 2.05) is 60.8 Å². The molecule has 0 radical (unpaired) electrons. The zero-order chi connectivity index (χ0) is 20.8. The Morgan fingerprint density at radius 2 is 1.69 bits per heavy atom. The molecule has 1 aromatic rings. The van der Waals surface area contributed by atoms with Crippen LogP contribution in [-0.2, 0) is 19.0 Å². The summed E-state index contributed by atoms with van der Waals surface area (Å²) in [7, 11) is 0. The average Bonchev–Trinajstić information content (AvgIpc) is 3.32. The Labute approximate surface area is 164 Å². The van der Waals surface area contributed by atoms with Gasteiger partial charge in [-0.2, -0.15) is 0 Å². The van der Waals surface area contributed by atoms with Gasteiger partial charge in [0.25, 0.3) is 0 Å². The van der Waals surface area contributed by atoms with Gasteiger partial charge >= 0.3 is 5.97 Å². The van der Waals surface area contributed by atoms with Crippen LogP contribution < -0.4 is 0 Å². The Bertz CT molecular complexity index is 410. The molecular weight excluding hydrogens is 352 g/mol. The van der Waals surface area contributed by atoms with Gasteiger partial charge in [0, 0.05) is 17.8 Å². The van der Waals surface area contributed by atoms with Crippen molar-refractivity contribution in [1.82, 2.24) is 4.98 Å². The molecule has 3 rings (SSSR count). The van der Waals surface area contributed by atoms with Crippen molar-refractivity contribution in [1.29, 1.82) is 0 Å². The average molecular weight is 391 g/mol. The highest BCUT2D eigenvalue weighted by Gasteiger charge is 2.17. The standard InChI is InChI=1S/C5H9NO.C4H5NS.C4H6O3.3C2H6/c1-5-4-6-2-3-7-5;1-4-5-2-3-6-4;1-3-6-2-4(5)7-3;3*1-2/h2,5H,3-4H2,1H3;2-3H,1H3;3H,2H2,1H3;3*1-2H3. The first-order valence-electron chi connectivity index (χ1n) is 9.35. The molecule has 0 spiro atoms. The van der Waals surface area contributed by atoms with Gasteiger partial charge in [-0.1, -0.05) is 41.5 Å². The summed E-state index contributed by atoms with van der Waals surface area (Å²) in [5.74, 6) is -0.271. The van der Waals surface area contributed by atoms with Crippen LogP contribution in [0.2, 0.25) is 0 Å². The summed E-state index contributed by atoms with van der Waals surface area (Å²) in [5.41, 5.74) is 0. The number of aromatic nitrogens is 1. The summed E-state index contributed by atoms with van der Waals surface area (Å²) in [6.07, 6.45) is 3.62. The maximum Gasteiger partial charge on any atom is 0.334 e. The van der Waals surface area contributed by atoms with Crippen molar-refractivity contribution in [2.75, 3.05) is 19.8 Å². The maximum atomic E-state index is 10.1. The van der Waals surface area contributed by atoms with E-state index < -0.39 is 0 Å². The third kappa shape index (κ3) is 20.7. The van der Waals surface area contributed by atoms with Gasteiger partial charge in [-0.15, -0.1) is 11.3 Å². The van der Waals surface area contributed by atoms with Crippen molar-refractivity contribution in [3.63, 3.8) is 0 Å². The second-order valence-corrected chi connectivity index (χ2v) is 5.21. The monoisotopic (exact) mass is 390 g/mol. The van der Waals surface area contributed by atoms with Gasteiger partial charge in [0.05, 0.1) is 24.3 Å². The number of esters is 1. The highest BCUT2D eigenvalue weighted by atomic mass is 32.1. The first kappa shape index (κ1) is 29.5. The molecule has 0 amide bonds. The molecule has 2 unspecified atom stereocenters. The van der Waals surface area contributed by atoms with E-state index in [0.29, 0.717) is 12.7 Å². The van der Waals surface area contributed by atoms with Crippen LogP contribution in [0.1, 0.15) is 60.4 Å². The van der Waals surface area contributed by atoms with Gasteiger partial charge < -0.3 is 14.2 Å². The number of carbonyl (C=O) groups is 1. The molecule has 1 saturated heterocycles. The molecule has 6 nitrogen and oxygen atoms in total. The fourth-order valence-corrected chi connectivity index (χ4v) is 1.71. The summed E-state index contributed by atoms with van der Waals surface area (Å²) in [6, 6.07) is 0. The SMILES string of the molecule is CC.CC.CC.CC1CN=CCO1.CC1OCC(=O)O1.Cc1nccs1. The van der Waals surface area contributed by atoms with Crippen LogP contribution in [0.4, 0.5) is 0 Å². The zero-order valence-corrected chi connectivity index (χ0v) is 18.8. The van der Waals surface area contributed by atoms with E-state index in [0.717, 1.165) is 11.6 Å². The van der Waals surface area contributed by atoms with Crippen molar-refractivity contribution in [2.24, 2.45) is 4.99 Å². The summed E-state index contributed by atoms with van der Waals surface area (Å²) in [6.45, 7) is 19.3. The number of carbonyl (C=O) groups excluding carboxylic acids is 1. The summed E-state index contributed by atoms with van der Waals surface area (Å²) < 4.78 is 14.3. The molecule has 2 aliphatic rings. The van der Waals surface area contributed by atoms with Gasteiger partial charge in [-0.05, 0) is 20.8 Å². The molecule has 2 aliphatic heterocycles. The van der Waals surface area contributed by atoms with Crippen molar-refractivity contribution >= 4 is 23.5 Å². The highest BCUT2D eigenvalue weighted by molar-refractivity contribution is 7.09. The molecule has 1 fully saturated rings. The van der Waals surface area contributed by atoms with Gasteiger partial charge in [-0.3, -0.25) is 9.98 Å². The number of cyclic esters (lactones) is 1.